The first-order valence-electron chi connectivity index (χ1n) is 20.0. The zero-order valence-electron chi connectivity index (χ0n) is 33.7. The third kappa shape index (κ3) is 8.86. The number of methoxy groups -OCH3 is 2. The molecule has 0 aliphatic heterocycles. The van der Waals surface area contributed by atoms with E-state index in [4.69, 9.17) is 39.1 Å². The average molecular weight is 778 g/mol. The quantitative estimate of drug-likeness (QED) is 0.0488. The number of ether oxygens (including phenoxy) is 3. The molecule has 58 heavy (non-hydrogen) atoms. The van der Waals surface area contributed by atoms with Gasteiger partial charge in [-0.2, -0.15) is 0 Å². The second kappa shape index (κ2) is 18.8. The topological polar surface area (TPSA) is 120 Å². The maximum Gasteiger partial charge on any atom is 0.167 e. The van der Waals surface area contributed by atoms with Gasteiger partial charge in [0.1, 0.15) is 22.6 Å². The van der Waals surface area contributed by atoms with Crippen LogP contribution >= 0.6 is 0 Å². The van der Waals surface area contributed by atoms with Gasteiger partial charge in [0.15, 0.2) is 22.9 Å². The fourth-order valence-corrected chi connectivity index (χ4v) is 7.12. The van der Waals surface area contributed by atoms with E-state index in [0.717, 1.165) is 72.5 Å². The van der Waals surface area contributed by atoms with E-state index < -0.39 is 11.7 Å². The molecule has 0 bridgehead atoms. The van der Waals surface area contributed by atoms with Gasteiger partial charge >= 0.3 is 0 Å². The Hall–Kier alpha value is -6.17. The fourth-order valence-electron chi connectivity index (χ4n) is 7.12. The highest BCUT2D eigenvalue weighted by atomic mass is 16.5. The molecule has 11 nitrogen and oxygen atoms in total. The van der Waals surface area contributed by atoms with Crippen LogP contribution in [0.3, 0.4) is 0 Å². The summed E-state index contributed by atoms with van der Waals surface area (Å²) < 4.78 is 19.8. The van der Waals surface area contributed by atoms with Gasteiger partial charge in [-0.05, 0) is 59.9 Å². The highest BCUT2D eigenvalue weighted by Gasteiger charge is 2.38. The number of imidazole rings is 1. The molecule has 0 spiro atoms. The number of unbranched alkanes of at least 4 members (excludes halogenated alkanes) is 2. The second-order valence-electron chi connectivity index (χ2n) is 14.3. The molecule has 3 heterocycles. The number of hydrogen-bond donors (Lipinski definition) is 1. The average Bonchev–Trinajstić information content (AvgIpc) is 3.67. The molecule has 11 heteroatoms. The zero-order chi connectivity index (χ0) is 40.3. The normalized spacial score (nSPS) is 12.4. The summed E-state index contributed by atoms with van der Waals surface area (Å²) in [5.74, 6) is 2.53. The molecule has 298 valence electrons. The molecular formula is C47H51N7O4. The Kier molecular flexibility index (Phi) is 13.0. The first kappa shape index (κ1) is 40.0. The molecule has 0 unspecified atom stereocenters. The molecule has 0 saturated heterocycles. The predicted octanol–water partition coefficient (Wildman–Crippen LogP) is 8.99. The largest absolute Gasteiger partial charge is 0.497 e. The molecule has 7 rings (SSSR count). The van der Waals surface area contributed by atoms with Crippen LogP contribution in [0.25, 0.3) is 33.6 Å². The minimum absolute atomic E-state index is 0.00798. The van der Waals surface area contributed by atoms with Crippen molar-refractivity contribution in [3.8, 4) is 22.9 Å². The van der Waals surface area contributed by atoms with Crippen LogP contribution in [0.5, 0.6) is 11.5 Å². The van der Waals surface area contributed by atoms with Gasteiger partial charge in [-0.1, -0.05) is 112 Å². The molecular weight excluding hydrogens is 727 g/mol. The number of aromatic nitrogens is 5. The molecule has 0 aliphatic carbocycles. The molecule has 0 aliphatic rings. The number of pyridine rings is 1. The van der Waals surface area contributed by atoms with Crippen molar-refractivity contribution in [1.82, 2.24) is 29.4 Å². The number of nitrogens with zero attached hydrogens (tertiary/aromatic N) is 7. The number of fused-ring (bicyclic) bond motifs is 2. The molecule has 0 radical (unpaired) electrons. The molecule has 0 amide bonds. The Morgan fingerprint density at radius 2 is 1.34 bits per heavy atom. The van der Waals surface area contributed by atoms with Crippen molar-refractivity contribution in [2.24, 2.45) is 4.99 Å². The Labute approximate surface area is 340 Å². The van der Waals surface area contributed by atoms with Crippen LogP contribution in [0, 0.1) is 0 Å². The molecule has 1 atom stereocenters. The maximum atomic E-state index is 11.8. The highest BCUT2D eigenvalue weighted by Crippen LogP contribution is 2.42. The summed E-state index contributed by atoms with van der Waals surface area (Å²) >= 11 is 0. The van der Waals surface area contributed by atoms with Crippen LogP contribution in [-0.4, -0.2) is 80.9 Å². The Bertz CT molecular complexity index is 2350. The first-order chi connectivity index (χ1) is 28.4. The van der Waals surface area contributed by atoms with Crippen LogP contribution in [-0.2, 0) is 16.9 Å². The number of hydrogen-bond acceptors (Lipinski definition) is 9. The van der Waals surface area contributed by atoms with Crippen LogP contribution in [0.15, 0.2) is 127 Å². The smallest absolute Gasteiger partial charge is 0.167 e. The van der Waals surface area contributed by atoms with Crippen molar-refractivity contribution in [2.75, 3.05) is 33.9 Å². The van der Waals surface area contributed by atoms with Crippen LogP contribution in [0.2, 0.25) is 0 Å². The molecule has 7 aromatic rings. The van der Waals surface area contributed by atoms with Crippen LogP contribution in [0.4, 0.5) is 5.82 Å². The lowest BCUT2D eigenvalue weighted by molar-refractivity contribution is -0.0421. The fraction of sp³-hybridized carbons (Fsp3) is 0.298. The van der Waals surface area contributed by atoms with E-state index in [1.54, 1.807) is 20.5 Å². The van der Waals surface area contributed by atoms with Gasteiger partial charge in [-0.25, -0.2) is 24.9 Å². The van der Waals surface area contributed by atoms with Gasteiger partial charge in [0.05, 0.1) is 51.5 Å². The Balaban J connectivity index is 1.23. The third-order valence-corrected chi connectivity index (χ3v) is 10.3. The SMILES string of the molecule is CCCCN(C=Nc1nc(-c2ccccc2)nc2nc3c(cc12)ncn3C[C@H](O)COC(c1ccccc1)(c1ccc(OC)cc1)c1ccc(OC)cc1)CCCC. The van der Waals surface area contributed by atoms with E-state index in [9.17, 15) is 5.11 Å². The predicted molar refractivity (Wildman–Crippen MR) is 230 cm³/mol. The van der Waals surface area contributed by atoms with Gasteiger partial charge in [0.2, 0.25) is 0 Å². The number of rotatable bonds is 19. The van der Waals surface area contributed by atoms with Crippen molar-refractivity contribution >= 4 is 34.4 Å². The first-order valence-corrected chi connectivity index (χ1v) is 20.0. The lowest BCUT2D eigenvalue weighted by atomic mass is 9.80. The molecule has 0 fully saturated rings. The van der Waals surface area contributed by atoms with Crippen molar-refractivity contribution in [3.63, 3.8) is 0 Å². The minimum atomic E-state index is -1.07. The molecule has 4 aromatic carbocycles. The number of aliphatic hydroxyl groups excluding tert-OH is 1. The van der Waals surface area contributed by atoms with E-state index in [0.29, 0.717) is 33.8 Å². The minimum Gasteiger partial charge on any atom is -0.497 e. The Morgan fingerprint density at radius 3 is 1.93 bits per heavy atom. The summed E-state index contributed by atoms with van der Waals surface area (Å²) in [5, 5.41) is 12.5. The van der Waals surface area contributed by atoms with E-state index in [-0.39, 0.29) is 13.2 Å². The van der Waals surface area contributed by atoms with E-state index >= 15 is 0 Å². The van der Waals surface area contributed by atoms with Gasteiger partial charge < -0.3 is 28.8 Å². The lowest BCUT2D eigenvalue weighted by Crippen LogP contribution is -2.36. The summed E-state index contributed by atoms with van der Waals surface area (Å²) in [6.07, 6.45) is 7.06. The van der Waals surface area contributed by atoms with Crippen LogP contribution in [0.1, 0.15) is 56.2 Å². The van der Waals surface area contributed by atoms with Crippen LogP contribution < -0.4 is 9.47 Å². The summed E-state index contributed by atoms with van der Waals surface area (Å²) in [7, 11) is 3.29. The van der Waals surface area contributed by atoms with Crippen molar-refractivity contribution < 1.29 is 19.3 Å². The molecule has 1 N–H and O–H groups in total. The summed E-state index contributed by atoms with van der Waals surface area (Å²) in [6, 6.07) is 37.5. The number of aliphatic hydroxyl groups is 1. The van der Waals surface area contributed by atoms with E-state index in [1.807, 2.05) is 126 Å². The number of benzene rings is 4. The van der Waals surface area contributed by atoms with Gasteiger partial charge in [0, 0.05) is 18.7 Å². The highest BCUT2D eigenvalue weighted by molar-refractivity contribution is 5.95. The Morgan fingerprint density at radius 1 is 0.759 bits per heavy atom. The zero-order valence-corrected chi connectivity index (χ0v) is 33.7. The van der Waals surface area contributed by atoms with E-state index in [1.165, 1.54) is 0 Å². The monoisotopic (exact) mass is 777 g/mol. The van der Waals surface area contributed by atoms with Crippen molar-refractivity contribution in [3.05, 3.63) is 138 Å². The third-order valence-electron chi connectivity index (χ3n) is 10.3. The summed E-state index contributed by atoms with van der Waals surface area (Å²) in [6.45, 7) is 6.43. The summed E-state index contributed by atoms with van der Waals surface area (Å²) in [5.41, 5.74) is 4.20. The van der Waals surface area contributed by atoms with Crippen molar-refractivity contribution in [2.45, 2.75) is 57.8 Å². The summed E-state index contributed by atoms with van der Waals surface area (Å²) in [4.78, 5) is 26.8. The molecule has 3 aromatic heterocycles. The van der Waals surface area contributed by atoms with E-state index in [2.05, 4.69) is 18.7 Å². The number of aliphatic imine (C=N–C) groups is 1. The maximum absolute atomic E-state index is 11.8. The van der Waals surface area contributed by atoms with Gasteiger partial charge in [0.25, 0.3) is 0 Å². The second-order valence-corrected chi connectivity index (χ2v) is 14.3. The molecule has 0 saturated carbocycles. The van der Waals surface area contributed by atoms with Crippen molar-refractivity contribution in [1.29, 1.82) is 0 Å². The standard InChI is InChI=1S/C47H51N7O4/c1-5-7-27-53(28-8-6-2)32-49-44-41-29-42-46(52-45(41)51-43(50-44)34-15-11-9-12-16-34)54(33-48-42)30-38(55)31-58-47(35-17-13-10-14-18-35,36-19-23-39(56-3)24-20-36)37-21-25-40(57-4)26-22-37/h9-26,29,32-33,38,55H,5-8,27-28,30-31H2,1-4H3/t38-/m0/s1. The van der Waals surface area contributed by atoms with Gasteiger partial charge in [-0.3, -0.25) is 0 Å². The lowest BCUT2D eigenvalue weighted by Gasteiger charge is -2.36. The van der Waals surface area contributed by atoms with Gasteiger partial charge in [-0.15, -0.1) is 0 Å².